The highest BCUT2D eigenvalue weighted by Crippen LogP contribution is 2.60. The highest BCUT2D eigenvalue weighted by molar-refractivity contribution is 7.99. The molecule has 1 aromatic rings. The Balaban J connectivity index is 1.37. The van der Waals surface area contributed by atoms with Crippen LogP contribution in [0.2, 0.25) is 0 Å². The van der Waals surface area contributed by atoms with Gasteiger partial charge in [-0.3, -0.25) is 0 Å². The summed E-state index contributed by atoms with van der Waals surface area (Å²) in [5, 5.41) is 10.9. The summed E-state index contributed by atoms with van der Waals surface area (Å²) in [4.78, 5) is 26.1. The third kappa shape index (κ3) is 4.10. The summed E-state index contributed by atoms with van der Waals surface area (Å²) in [6.45, 7) is 8.06. The number of thioether (sulfide) groups is 1. The molecule has 4 heterocycles. The fourth-order valence-electron chi connectivity index (χ4n) is 6.18. The van der Waals surface area contributed by atoms with E-state index in [1.165, 1.54) is 0 Å². The smallest absolute Gasteiger partial charge is 0.340 e. The second kappa shape index (κ2) is 9.37. The summed E-state index contributed by atoms with van der Waals surface area (Å²) in [5.41, 5.74) is -0.324. The first-order valence-electron chi connectivity index (χ1n) is 12.6. The number of ether oxygens (including phenoxy) is 3. The minimum absolute atomic E-state index is 0.0199. The van der Waals surface area contributed by atoms with Crippen molar-refractivity contribution in [1.82, 2.24) is 0 Å². The van der Waals surface area contributed by atoms with Crippen molar-refractivity contribution in [1.29, 1.82) is 0 Å². The van der Waals surface area contributed by atoms with E-state index in [2.05, 4.69) is 13.8 Å². The Morgan fingerprint density at radius 1 is 1.24 bits per heavy atom. The molecule has 0 unspecified atom stereocenters. The summed E-state index contributed by atoms with van der Waals surface area (Å²) in [6.07, 6.45) is 2.23. The van der Waals surface area contributed by atoms with Crippen LogP contribution in [0.1, 0.15) is 70.2 Å². The van der Waals surface area contributed by atoms with Gasteiger partial charge >= 0.3 is 5.97 Å². The van der Waals surface area contributed by atoms with Gasteiger partial charge in [0.1, 0.15) is 0 Å². The van der Waals surface area contributed by atoms with Gasteiger partial charge < -0.3 is 19.3 Å². The van der Waals surface area contributed by atoms with Crippen LogP contribution < -0.4 is 0 Å². The highest BCUT2D eigenvalue weighted by atomic mass is 32.2. The molecule has 7 nitrogen and oxygen atoms in total. The number of carbonyl (C=O) groups excluding carboxylic acids is 1. The van der Waals surface area contributed by atoms with E-state index in [4.69, 9.17) is 24.0 Å². The van der Waals surface area contributed by atoms with Gasteiger partial charge in [0.05, 0.1) is 11.7 Å². The summed E-state index contributed by atoms with van der Waals surface area (Å²) >= 11 is 1.74. The van der Waals surface area contributed by atoms with E-state index < -0.39 is 36.0 Å². The van der Waals surface area contributed by atoms with E-state index in [-0.39, 0.29) is 23.7 Å². The lowest BCUT2D eigenvalue weighted by atomic mass is 9.57. The molecule has 1 saturated carbocycles. The van der Waals surface area contributed by atoms with E-state index >= 15 is 0 Å². The Morgan fingerprint density at radius 3 is 2.85 bits per heavy atom. The van der Waals surface area contributed by atoms with Crippen molar-refractivity contribution in [3.63, 3.8) is 0 Å². The first-order valence-corrected chi connectivity index (χ1v) is 13.6. The fourth-order valence-corrected chi connectivity index (χ4v) is 7.24. The molecule has 5 aliphatic rings. The lowest BCUT2D eigenvalue weighted by Gasteiger charge is -2.60. The van der Waals surface area contributed by atoms with Crippen LogP contribution in [0.15, 0.2) is 29.2 Å². The number of fused-ring (bicyclic) bond motifs is 2. The van der Waals surface area contributed by atoms with Gasteiger partial charge in [-0.15, -0.1) is 11.8 Å². The lowest BCUT2D eigenvalue weighted by molar-refractivity contribution is -0.577. The Hall–Kier alpha value is -1.16. The molecule has 5 fully saturated rings. The molecule has 4 aliphatic heterocycles. The normalized spacial score (nSPS) is 43.1. The van der Waals surface area contributed by atoms with Gasteiger partial charge in [0.25, 0.3) is 0 Å². The number of unbranched alkanes of at least 4 members (excludes halogenated alkanes) is 1. The van der Waals surface area contributed by atoms with Gasteiger partial charge in [0.15, 0.2) is 11.9 Å². The molecule has 8 heteroatoms. The monoisotopic (exact) mass is 492 g/mol. The molecule has 1 aromatic carbocycles. The van der Waals surface area contributed by atoms with Crippen LogP contribution in [-0.4, -0.2) is 46.9 Å². The molecule has 0 amide bonds. The van der Waals surface area contributed by atoms with Crippen molar-refractivity contribution in [2.45, 2.75) is 94.8 Å². The van der Waals surface area contributed by atoms with Crippen molar-refractivity contribution >= 4 is 17.7 Å². The zero-order valence-corrected chi connectivity index (χ0v) is 21.2. The van der Waals surface area contributed by atoms with Gasteiger partial charge in [0.2, 0.25) is 12.1 Å². The van der Waals surface area contributed by atoms with E-state index in [0.717, 1.165) is 29.9 Å². The standard InChI is InChI=1S/C26H36O7S/c1-5-6-12-34-18-9-7-8-17(13-18)22(28)29-23-16(3)20-14-21(27)15(2)19-10-11-25(4)31-24(30-23)26(19,20)33-32-25/h7-9,13,15-16,19-21,23-24,27H,5-6,10-12,14H2,1-4H3/t15-,16+,19-,20-,21+,23+,24+,25-,26+/m0/s1. The predicted octanol–water partition coefficient (Wildman–Crippen LogP) is 4.91. The number of hydrogen-bond donors (Lipinski definition) is 1. The molecule has 6 rings (SSSR count). The Morgan fingerprint density at radius 2 is 2.06 bits per heavy atom. The summed E-state index contributed by atoms with van der Waals surface area (Å²) in [5.74, 6) is -0.638. The largest absolute Gasteiger partial charge is 0.432 e. The van der Waals surface area contributed by atoms with Crippen molar-refractivity contribution in [3.05, 3.63) is 29.8 Å². The lowest BCUT2D eigenvalue weighted by Crippen LogP contribution is -2.72. The first kappa shape index (κ1) is 24.5. The quantitative estimate of drug-likeness (QED) is 0.259. The predicted molar refractivity (Wildman–Crippen MR) is 126 cm³/mol. The van der Waals surface area contributed by atoms with E-state index in [0.29, 0.717) is 18.4 Å². The number of rotatable bonds is 6. The van der Waals surface area contributed by atoms with Crippen molar-refractivity contribution < 1.29 is 33.9 Å². The maximum Gasteiger partial charge on any atom is 0.340 e. The average molecular weight is 493 g/mol. The molecular weight excluding hydrogens is 456 g/mol. The molecule has 1 aliphatic carbocycles. The van der Waals surface area contributed by atoms with Gasteiger partial charge in [-0.25, -0.2) is 14.6 Å². The molecule has 9 atom stereocenters. The van der Waals surface area contributed by atoms with E-state index in [1.54, 1.807) is 17.8 Å². The molecule has 34 heavy (non-hydrogen) atoms. The fraction of sp³-hybridized carbons (Fsp3) is 0.731. The van der Waals surface area contributed by atoms with Crippen molar-refractivity contribution in [2.75, 3.05) is 5.75 Å². The summed E-state index contributed by atoms with van der Waals surface area (Å²) in [6, 6.07) is 7.54. The van der Waals surface area contributed by atoms with Crippen LogP contribution in [0, 0.1) is 23.7 Å². The zero-order chi connectivity index (χ0) is 24.1. The number of aliphatic hydroxyl groups excluding tert-OH is 1. The minimum Gasteiger partial charge on any atom is -0.432 e. The molecule has 1 N–H and O–H groups in total. The minimum atomic E-state index is -0.929. The molecular formula is C26H36O7S. The Labute approximate surface area is 205 Å². The number of hydrogen-bond acceptors (Lipinski definition) is 8. The second-order valence-corrected chi connectivity index (χ2v) is 11.7. The van der Waals surface area contributed by atoms with Crippen molar-refractivity contribution in [2.24, 2.45) is 23.7 Å². The van der Waals surface area contributed by atoms with Gasteiger partial charge in [-0.1, -0.05) is 33.3 Å². The molecule has 4 saturated heterocycles. The third-order valence-corrected chi connectivity index (χ3v) is 9.35. The van der Waals surface area contributed by atoms with Gasteiger partial charge in [0, 0.05) is 29.1 Å². The van der Waals surface area contributed by atoms with Gasteiger partial charge in [-0.05, 0) is 56.1 Å². The van der Waals surface area contributed by atoms with E-state index in [9.17, 15) is 9.90 Å². The molecule has 0 radical (unpaired) electrons. The molecule has 2 bridgehead atoms. The number of benzene rings is 1. The van der Waals surface area contributed by atoms with Crippen LogP contribution in [0.25, 0.3) is 0 Å². The van der Waals surface area contributed by atoms with Crippen LogP contribution in [-0.2, 0) is 24.0 Å². The Kier molecular flexibility index (Phi) is 6.76. The SMILES string of the molecule is CCCCSc1cccc(C(=O)O[C@@H]2O[C@@H]3O[C@]4(C)CC[C@H]5[C@H](C)[C@H](O)C[C@@H]([C@H]2C)[C@@]35OO4)c1. The maximum atomic E-state index is 13.1. The maximum absolute atomic E-state index is 13.1. The van der Waals surface area contributed by atoms with Crippen molar-refractivity contribution in [3.8, 4) is 0 Å². The molecule has 1 spiro atoms. The Bertz CT molecular complexity index is 907. The van der Waals surface area contributed by atoms with E-state index in [1.807, 2.05) is 32.0 Å². The zero-order valence-electron chi connectivity index (χ0n) is 20.4. The topological polar surface area (TPSA) is 83.5 Å². The number of carbonyl (C=O) groups is 1. The highest BCUT2D eigenvalue weighted by Gasteiger charge is 2.71. The van der Waals surface area contributed by atoms with Crippen LogP contribution in [0.4, 0.5) is 0 Å². The third-order valence-electron chi connectivity index (χ3n) is 8.27. The first-order chi connectivity index (χ1) is 16.3. The summed E-state index contributed by atoms with van der Waals surface area (Å²) < 4.78 is 18.6. The van der Waals surface area contributed by atoms with Gasteiger partial charge in [-0.2, -0.15) is 0 Å². The van der Waals surface area contributed by atoms with Crippen LogP contribution >= 0.6 is 11.8 Å². The summed E-state index contributed by atoms with van der Waals surface area (Å²) in [7, 11) is 0. The number of esters is 1. The average Bonchev–Trinajstić information content (AvgIpc) is 3.05. The van der Waals surface area contributed by atoms with Crippen LogP contribution in [0.3, 0.4) is 0 Å². The molecule has 0 aromatic heterocycles. The number of aliphatic hydroxyl groups is 1. The molecule has 188 valence electrons. The van der Waals surface area contributed by atoms with Crippen LogP contribution in [0.5, 0.6) is 0 Å². The second-order valence-electron chi connectivity index (χ2n) is 10.5.